The summed E-state index contributed by atoms with van der Waals surface area (Å²) >= 11 is 0. The van der Waals surface area contributed by atoms with E-state index in [2.05, 4.69) is 57.2 Å². The van der Waals surface area contributed by atoms with Crippen LogP contribution in [0, 0.1) is 6.92 Å². The van der Waals surface area contributed by atoms with Crippen molar-refractivity contribution in [1.29, 1.82) is 0 Å². The number of carbonyl (C=O) groups is 2. The summed E-state index contributed by atoms with van der Waals surface area (Å²) in [7, 11) is 0. The SMILES string of the molecule is Cc1ccc(OC2=CC=C(C(C)(C)c3ccc(Oc4ccc(N5C(=O)C=CC5=O)cc4)cc3)CC2)cc1. The van der Waals surface area contributed by atoms with E-state index in [1.165, 1.54) is 28.9 Å². The molecular weight excluding hydrogens is 462 g/mol. The van der Waals surface area contributed by atoms with Crippen LogP contribution in [0.15, 0.2) is 108 Å². The van der Waals surface area contributed by atoms with Crippen LogP contribution in [0.5, 0.6) is 17.2 Å². The van der Waals surface area contributed by atoms with Crippen molar-refractivity contribution in [3.8, 4) is 17.2 Å². The van der Waals surface area contributed by atoms with Crippen molar-refractivity contribution in [3.05, 3.63) is 120 Å². The zero-order valence-corrected chi connectivity index (χ0v) is 21.2. The molecule has 1 aliphatic heterocycles. The fourth-order valence-corrected chi connectivity index (χ4v) is 4.56. The van der Waals surface area contributed by atoms with Crippen molar-refractivity contribution < 1.29 is 19.1 Å². The van der Waals surface area contributed by atoms with Crippen molar-refractivity contribution in [2.75, 3.05) is 4.90 Å². The highest BCUT2D eigenvalue weighted by Gasteiger charge is 2.27. The van der Waals surface area contributed by atoms with Crippen LogP contribution in [0.25, 0.3) is 0 Å². The Morgan fingerprint density at radius 1 is 0.676 bits per heavy atom. The molecule has 5 nitrogen and oxygen atoms in total. The van der Waals surface area contributed by atoms with Crippen LogP contribution in [-0.4, -0.2) is 11.8 Å². The maximum absolute atomic E-state index is 11.9. The van der Waals surface area contributed by atoms with Gasteiger partial charge in [-0.2, -0.15) is 0 Å². The summed E-state index contributed by atoms with van der Waals surface area (Å²) in [5, 5.41) is 0. The molecular formula is C32H29NO4. The molecule has 1 aliphatic carbocycles. The van der Waals surface area contributed by atoms with Gasteiger partial charge in [0.15, 0.2) is 0 Å². The highest BCUT2D eigenvalue weighted by Crippen LogP contribution is 2.38. The molecule has 3 aromatic rings. The number of amides is 2. The van der Waals surface area contributed by atoms with E-state index in [1.807, 2.05) is 24.3 Å². The maximum Gasteiger partial charge on any atom is 0.258 e. The van der Waals surface area contributed by atoms with Crippen molar-refractivity contribution in [2.45, 2.75) is 39.0 Å². The van der Waals surface area contributed by atoms with Gasteiger partial charge in [-0.1, -0.05) is 55.3 Å². The topological polar surface area (TPSA) is 55.8 Å². The van der Waals surface area contributed by atoms with Crippen LogP contribution < -0.4 is 14.4 Å². The number of hydrogen-bond donors (Lipinski definition) is 0. The molecule has 0 radical (unpaired) electrons. The van der Waals surface area contributed by atoms with Crippen LogP contribution in [0.4, 0.5) is 5.69 Å². The average Bonchev–Trinajstić information content (AvgIpc) is 3.24. The summed E-state index contributed by atoms with van der Waals surface area (Å²) < 4.78 is 12.1. The van der Waals surface area contributed by atoms with Crippen LogP contribution in [-0.2, 0) is 15.0 Å². The summed E-state index contributed by atoms with van der Waals surface area (Å²) in [6, 6.07) is 23.2. The molecule has 37 heavy (non-hydrogen) atoms. The van der Waals surface area contributed by atoms with E-state index in [9.17, 15) is 9.59 Å². The average molecular weight is 492 g/mol. The Hall–Kier alpha value is -4.38. The third kappa shape index (κ3) is 5.26. The second-order valence-electron chi connectivity index (χ2n) is 9.83. The van der Waals surface area contributed by atoms with Gasteiger partial charge in [0.2, 0.25) is 0 Å². The molecule has 0 fully saturated rings. The third-order valence-electron chi connectivity index (χ3n) is 6.90. The molecule has 0 spiro atoms. The number of carbonyl (C=O) groups excluding carboxylic acids is 2. The van der Waals surface area contributed by atoms with Gasteiger partial charge < -0.3 is 9.47 Å². The Bertz CT molecular complexity index is 1390. The Kier molecular flexibility index (Phi) is 6.53. The van der Waals surface area contributed by atoms with E-state index in [4.69, 9.17) is 9.47 Å². The normalized spacial score (nSPS) is 15.5. The van der Waals surface area contributed by atoms with Crippen molar-refractivity contribution in [3.63, 3.8) is 0 Å². The number of aryl methyl sites for hydroxylation is 1. The molecule has 0 saturated heterocycles. The van der Waals surface area contributed by atoms with Gasteiger partial charge in [0, 0.05) is 24.0 Å². The van der Waals surface area contributed by atoms with Gasteiger partial charge in [-0.3, -0.25) is 9.59 Å². The number of nitrogens with zero attached hydrogens (tertiary/aromatic N) is 1. The summed E-state index contributed by atoms with van der Waals surface area (Å²) in [5.41, 5.74) is 4.17. The van der Waals surface area contributed by atoms with Crippen LogP contribution in [0.2, 0.25) is 0 Å². The van der Waals surface area contributed by atoms with E-state index >= 15 is 0 Å². The van der Waals surface area contributed by atoms with Crippen LogP contribution in [0.1, 0.15) is 37.8 Å². The molecule has 0 N–H and O–H groups in total. The molecule has 0 bridgehead atoms. The number of imide groups is 1. The number of anilines is 1. The zero-order valence-electron chi connectivity index (χ0n) is 21.2. The summed E-state index contributed by atoms with van der Waals surface area (Å²) in [4.78, 5) is 24.9. The molecule has 0 unspecified atom stereocenters. The van der Waals surface area contributed by atoms with E-state index in [0.717, 1.165) is 29.3 Å². The standard InChI is InChI=1S/C32H29NO4/c1-22-4-12-26(13-5-22)36-27-14-6-23(7-15-27)32(2,3)24-8-16-28(17-9-24)37-29-18-10-25(11-19-29)33-30(34)20-21-31(33)35/h4-6,8-14,16-21H,7,15H2,1-3H3. The second-order valence-corrected chi connectivity index (χ2v) is 9.83. The van der Waals surface area contributed by atoms with Gasteiger partial charge in [-0.25, -0.2) is 4.90 Å². The smallest absolute Gasteiger partial charge is 0.258 e. The third-order valence-corrected chi connectivity index (χ3v) is 6.90. The summed E-state index contributed by atoms with van der Waals surface area (Å²) in [5.74, 6) is 2.52. The number of allylic oxidation sites excluding steroid dienone is 4. The second kappa shape index (κ2) is 9.94. The van der Waals surface area contributed by atoms with Gasteiger partial charge in [0.05, 0.1) is 5.69 Å². The fourth-order valence-electron chi connectivity index (χ4n) is 4.56. The molecule has 2 amide bonds. The molecule has 1 heterocycles. The molecule has 186 valence electrons. The minimum atomic E-state index is -0.338. The number of benzene rings is 3. The highest BCUT2D eigenvalue weighted by atomic mass is 16.5. The summed E-state index contributed by atoms with van der Waals surface area (Å²) in [6.45, 7) is 6.55. The molecule has 0 aromatic heterocycles. The minimum Gasteiger partial charge on any atom is -0.462 e. The predicted octanol–water partition coefficient (Wildman–Crippen LogP) is 7.18. The predicted molar refractivity (Wildman–Crippen MR) is 145 cm³/mol. The van der Waals surface area contributed by atoms with Crippen LogP contribution >= 0.6 is 0 Å². The highest BCUT2D eigenvalue weighted by molar-refractivity contribution is 6.28. The van der Waals surface area contributed by atoms with E-state index in [0.29, 0.717) is 17.2 Å². The Labute approximate surface area is 217 Å². The van der Waals surface area contributed by atoms with Gasteiger partial charge in [-0.15, -0.1) is 0 Å². The molecule has 0 atom stereocenters. The number of rotatable bonds is 7. The first-order valence-corrected chi connectivity index (χ1v) is 12.4. The molecule has 2 aliphatic rings. The Balaban J connectivity index is 1.23. The molecule has 5 rings (SSSR count). The monoisotopic (exact) mass is 491 g/mol. The van der Waals surface area contributed by atoms with Crippen molar-refractivity contribution >= 4 is 17.5 Å². The fraction of sp³-hybridized carbons (Fsp3) is 0.188. The molecule has 0 saturated carbocycles. The number of hydrogen-bond acceptors (Lipinski definition) is 4. The number of ether oxygens (including phenoxy) is 2. The van der Waals surface area contributed by atoms with Gasteiger partial charge in [0.25, 0.3) is 11.8 Å². The van der Waals surface area contributed by atoms with E-state index in [-0.39, 0.29) is 17.2 Å². The quantitative estimate of drug-likeness (QED) is 0.329. The lowest BCUT2D eigenvalue weighted by Gasteiger charge is -2.31. The maximum atomic E-state index is 11.9. The van der Waals surface area contributed by atoms with Gasteiger partial charge >= 0.3 is 0 Å². The lowest BCUT2D eigenvalue weighted by molar-refractivity contribution is -0.119. The lowest BCUT2D eigenvalue weighted by Crippen LogP contribution is -2.29. The molecule has 5 heteroatoms. The summed E-state index contributed by atoms with van der Waals surface area (Å²) in [6.07, 6.45) is 8.62. The largest absolute Gasteiger partial charge is 0.462 e. The lowest BCUT2D eigenvalue weighted by atomic mass is 9.74. The Morgan fingerprint density at radius 3 is 1.78 bits per heavy atom. The molecule has 3 aromatic carbocycles. The van der Waals surface area contributed by atoms with Gasteiger partial charge in [0.1, 0.15) is 23.0 Å². The van der Waals surface area contributed by atoms with Crippen molar-refractivity contribution in [2.24, 2.45) is 0 Å². The first kappa shape index (κ1) is 24.3. The van der Waals surface area contributed by atoms with E-state index < -0.39 is 0 Å². The Morgan fingerprint density at radius 2 is 1.22 bits per heavy atom. The first-order valence-electron chi connectivity index (χ1n) is 12.4. The van der Waals surface area contributed by atoms with Gasteiger partial charge in [-0.05, 0) is 73.5 Å². The minimum absolute atomic E-state index is 0.130. The van der Waals surface area contributed by atoms with E-state index in [1.54, 1.807) is 24.3 Å². The first-order chi connectivity index (χ1) is 17.8. The van der Waals surface area contributed by atoms with Crippen molar-refractivity contribution in [1.82, 2.24) is 0 Å². The van der Waals surface area contributed by atoms with Crippen LogP contribution in [0.3, 0.4) is 0 Å². The zero-order chi connectivity index (χ0) is 26.0.